The third kappa shape index (κ3) is 3.27. The standard InChI is InChI=1S/C10H21N3O/c1-12(2)10(14)8-13(3)9-4-6-11-7-5-9/h9,11H,4-8H2,1-3H3. The zero-order valence-corrected chi connectivity index (χ0v) is 9.42. The van der Waals surface area contributed by atoms with Crippen LogP contribution in [0.5, 0.6) is 0 Å². The summed E-state index contributed by atoms with van der Waals surface area (Å²) in [4.78, 5) is 15.3. The molecule has 1 fully saturated rings. The van der Waals surface area contributed by atoms with Gasteiger partial charge < -0.3 is 10.2 Å². The molecule has 0 atom stereocenters. The minimum absolute atomic E-state index is 0.186. The smallest absolute Gasteiger partial charge is 0.236 e. The Balaban J connectivity index is 2.32. The third-order valence-electron chi connectivity index (χ3n) is 2.82. The molecule has 1 saturated heterocycles. The van der Waals surface area contributed by atoms with Crippen LogP contribution in [-0.4, -0.2) is 62.5 Å². The van der Waals surface area contributed by atoms with Gasteiger partial charge in [0.2, 0.25) is 5.91 Å². The Labute approximate surface area is 86.2 Å². The Morgan fingerprint density at radius 3 is 2.36 bits per heavy atom. The van der Waals surface area contributed by atoms with Crippen LogP contribution in [0.3, 0.4) is 0 Å². The highest BCUT2D eigenvalue weighted by Gasteiger charge is 2.19. The molecule has 0 saturated carbocycles. The predicted molar refractivity (Wildman–Crippen MR) is 57.2 cm³/mol. The van der Waals surface area contributed by atoms with Gasteiger partial charge >= 0.3 is 0 Å². The second-order valence-electron chi connectivity index (χ2n) is 4.18. The summed E-state index contributed by atoms with van der Waals surface area (Å²) in [5, 5.41) is 3.32. The van der Waals surface area contributed by atoms with Crippen molar-refractivity contribution in [2.45, 2.75) is 18.9 Å². The number of piperidine rings is 1. The summed E-state index contributed by atoms with van der Waals surface area (Å²) in [5.41, 5.74) is 0. The van der Waals surface area contributed by atoms with Crippen LogP contribution in [0.15, 0.2) is 0 Å². The number of amides is 1. The number of carbonyl (C=O) groups excluding carboxylic acids is 1. The van der Waals surface area contributed by atoms with Crippen LogP contribution in [0.25, 0.3) is 0 Å². The SMILES string of the molecule is CN(C)C(=O)CN(C)C1CCNCC1. The molecular weight excluding hydrogens is 178 g/mol. The van der Waals surface area contributed by atoms with E-state index in [1.165, 1.54) is 0 Å². The van der Waals surface area contributed by atoms with Gasteiger partial charge in [0.1, 0.15) is 0 Å². The van der Waals surface area contributed by atoms with E-state index in [9.17, 15) is 4.79 Å². The van der Waals surface area contributed by atoms with Crippen molar-refractivity contribution < 1.29 is 4.79 Å². The maximum absolute atomic E-state index is 11.5. The van der Waals surface area contributed by atoms with Gasteiger partial charge in [-0.15, -0.1) is 0 Å². The zero-order chi connectivity index (χ0) is 10.6. The number of rotatable bonds is 3. The van der Waals surface area contributed by atoms with Gasteiger partial charge in [0, 0.05) is 20.1 Å². The van der Waals surface area contributed by atoms with Crippen LogP contribution in [0.4, 0.5) is 0 Å². The van der Waals surface area contributed by atoms with E-state index in [1.807, 2.05) is 7.05 Å². The lowest BCUT2D eigenvalue weighted by molar-refractivity contribution is -0.130. The molecule has 0 unspecified atom stereocenters. The monoisotopic (exact) mass is 199 g/mol. The molecule has 14 heavy (non-hydrogen) atoms. The number of hydrogen-bond donors (Lipinski definition) is 1. The first-order valence-corrected chi connectivity index (χ1v) is 5.22. The van der Waals surface area contributed by atoms with Gasteiger partial charge in [-0.2, -0.15) is 0 Å². The zero-order valence-electron chi connectivity index (χ0n) is 9.42. The van der Waals surface area contributed by atoms with E-state index in [-0.39, 0.29) is 5.91 Å². The van der Waals surface area contributed by atoms with Crippen molar-refractivity contribution in [3.05, 3.63) is 0 Å². The molecule has 1 amide bonds. The minimum atomic E-state index is 0.186. The average molecular weight is 199 g/mol. The maximum Gasteiger partial charge on any atom is 0.236 e. The predicted octanol–water partition coefficient (Wildman–Crippen LogP) is -0.242. The summed E-state index contributed by atoms with van der Waals surface area (Å²) in [6, 6.07) is 0.570. The quantitative estimate of drug-likeness (QED) is 0.681. The largest absolute Gasteiger partial charge is 0.348 e. The molecule has 0 aromatic carbocycles. The molecule has 0 aromatic heterocycles. The second-order valence-corrected chi connectivity index (χ2v) is 4.18. The Bertz CT molecular complexity index is 188. The van der Waals surface area contributed by atoms with Gasteiger partial charge in [-0.3, -0.25) is 9.69 Å². The molecule has 1 rings (SSSR count). The van der Waals surface area contributed by atoms with Crippen LogP contribution < -0.4 is 5.32 Å². The van der Waals surface area contributed by atoms with E-state index in [4.69, 9.17) is 0 Å². The Morgan fingerprint density at radius 2 is 1.86 bits per heavy atom. The minimum Gasteiger partial charge on any atom is -0.348 e. The molecule has 1 aliphatic heterocycles. The summed E-state index contributed by atoms with van der Waals surface area (Å²) in [6.45, 7) is 2.69. The Hall–Kier alpha value is -0.610. The van der Waals surface area contributed by atoms with E-state index < -0.39 is 0 Å². The summed E-state index contributed by atoms with van der Waals surface area (Å²) in [7, 11) is 5.65. The van der Waals surface area contributed by atoms with E-state index >= 15 is 0 Å². The van der Waals surface area contributed by atoms with Crippen molar-refractivity contribution >= 4 is 5.91 Å². The van der Waals surface area contributed by atoms with Crippen LogP contribution >= 0.6 is 0 Å². The third-order valence-corrected chi connectivity index (χ3v) is 2.82. The van der Waals surface area contributed by atoms with Gasteiger partial charge in [-0.1, -0.05) is 0 Å². The van der Waals surface area contributed by atoms with Gasteiger partial charge in [-0.25, -0.2) is 0 Å². The van der Waals surface area contributed by atoms with Gasteiger partial charge in [-0.05, 0) is 33.0 Å². The number of nitrogens with zero attached hydrogens (tertiary/aromatic N) is 2. The van der Waals surface area contributed by atoms with E-state index in [1.54, 1.807) is 19.0 Å². The summed E-state index contributed by atoms with van der Waals surface area (Å²) in [5.74, 6) is 0.186. The van der Waals surface area contributed by atoms with Crippen LogP contribution in [0.1, 0.15) is 12.8 Å². The maximum atomic E-state index is 11.5. The highest BCUT2D eigenvalue weighted by molar-refractivity contribution is 5.77. The molecule has 0 radical (unpaired) electrons. The second kappa shape index (κ2) is 5.32. The molecule has 1 aliphatic rings. The lowest BCUT2D eigenvalue weighted by Gasteiger charge is -2.31. The number of nitrogens with one attached hydrogen (secondary N) is 1. The molecule has 1 heterocycles. The van der Waals surface area contributed by atoms with Crippen molar-refractivity contribution in [2.24, 2.45) is 0 Å². The van der Waals surface area contributed by atoms with Gasteiger partial charge in [0.15, 0.2) is 0 Å². The topological polar surface area (TPSA) is 35.6 Å². The first kappa shape index (κ1) is 11.5. The Kier molecular flexibility index (Phi) is 4.35. The highest BCUT2D eigenvalue weighted by Crippen LogP contribution is 2.09. The van der Waals surface area contributed by atoms with Crippen molar-refractivity contribution in [3.63, 3.8) is 0 Å². The molecule has 82 valence electrons. The van der Waals surface area contributed by atoms with Gasteiger partial charge in [0.05, 0.1) is 6.54 Å². The molecule has 0 aliphatic carbocycles. The molecule has 0 spiro atoms. The Morgan fingerprint density at radius 1 is 1.29 bits per heavy atom. The van der Waals surface area contributed by atoms with Crippen molar-refractivity contribution in [1.29, 1.82) is 0 Å². The van der Waals surface area contributed by atoms with E-state index in [0.717, 1.165) is 25.9 Å². The average Bonchev–Trinajstić information content (AvgIpc) is 2.19. The van der Waals surface area contributed by atoms with Crippen LogP contribution in [0.2, 0.25) is 0 Å². The van der Waals surface area contributed by atoms with Crippen molar-refractivity contribution in [1.82, 2.24) is 15.1 Å². The van der Waals surface area contributed by atoms with E-state index in [0.29, 0.717) is 12.6 Å². The number of likely N-dealkylation sites (N-methyl/N-ethyl adjacent to an activating group) is 2. The lowest BCUT2D eigenvalue weighted by atomic mass is 10.1. The van der Waals surface area contributed by atoms with Crippen molar-refractivity contribution in [3.8, 4) is 0 Å². The van der Waals surface area contributed by atoms with E-state index in [2.05, 4.69) is 10.2 Å². The summed E-state index contributed by atoms with van der Waals surface area (Å²) >= 11 is 0. The number of carbonyl (C=O) groups is 1. The van der Waals surface area contributed by atoms with Gasteiger partial charge in [0.25, 0.3) is 0 Å². The number of hydrogen-bond acceptors (Lipinski definition) is 3. The molecule has 4 heteroatoms. The molecular formula is C10H21N3O. The normalized spacial score (nSPS) is 18.6. The lowest BCUT2D eigenvalue weighted by Crippen LogP contribution is -2.45. The fraction of sp³-hybridized carbons (Fsp3) is 0.900. The highest BCUT2D eigenvalue weighted by atomic mass is 16.2. The van der Waals surface area contributed by atoms with Crippen LogP contribution in [-0.2, 0) is 4.79 Å². The fourth-order valence-electron chi connectivity index (χ4n) is 1.73. The van der Waals surface area contributed by atoms with Crippen LogP contribution in [0, 0.1) is 0 Å². The molecule has 0 bridgehead atoms. The molecule has 4 nitrogen and oxygen atoms in total. The first-order valence-electron chi connectivity index (χ1n) is 5.22. The fourth-order valence-corrected chi connectivity index (χ4v) is 1.73. The van der Waals surface area contributed by atoms with Crippen molar-refractivity contribution in [2.75, 3.05) is 40.8 Å². The summed E-state index contributed by atoms with van der Waals surface area (Å²) in [6.07, 6.45) is 2.30. The summed E-state index contributed by atoms with van der Waals surface area (Å²) < 4.78 is 0. The first-order chi connectivity index (χ1) is 6.61. The molecule has 0 aromatic rings. The molecule has 1 N–H and O–H groups in total.